The Kier molecular flexibility index (Phi) is 6.74. The Morgan fingerprint density at radius 3 is 2.57 bits per heavy atom. The largest absolute Gasteiger partial charge is 0.496 e. The van der Waals surface area contributed by atoms with E-state index in [0.29, 0.717) is 12.1 Å². The van der Waals surface area contributed by atoms with Gasteiger partial charge in [0.25, 0.3) is 15.9 Å². The number of hydrogen-bond acceptors (Lipinski definition) is 6. The van der Waals surface area contributed by atoms with Gasteiger partial charge in [0.15, 0.2) is 6.10 Å². The number of para-hydroxylation sites is 1. The second-order valence-corrected chi connectivity index (χ2v) is 9.73. The van der Waals surface area contributed by atoms with Crippen molar-refractivity contribution in [3.05, 3.63) is 83.7 Å². The lowest BCUT2D eigenvalue weighted by Crippen LogP contribution is -2.31. The van der Waals surface area contributed by atoms with Gasteiger partial charge in [-0.25, -0.2) is 17.6 Å². The Morgan fingerprint density at radius 1 is 1.06 bits per heavy atom. The zero-order valence-corrected chi connectivity index (χ0v) is 19.8. The molecule has 3 aromatic rings. The minimum absolute atomic E-state index is 0.0912. The van der Waals surface area contributed by atoms with Gasteiger partial charge in [0, 0.05) is 12.2 Å². The summed E-state index contributed by atoms with van der Waals surface area (Å²) in [6, 6.07) is 16.4. The van der Waals surface area contributed by atoms with Gasteiger partial charge in [-0.05, 0) is 61.4 Å². The van der Waals surface area contributed by atoms with Crippen molar-refractivity contribution in [2.75, 3.05) is 23.3 Å². The zero-order chi connectivity index (χ0) is 25.2. The van der Waals surface area contributed by atoms with E-state index in [4.69, 9.17) is 9.47 Å². The molecule has 1 amide bonds. The van der Waals surface area contributed by atoms with Crippen molar-refractivity contribution in [2.24, 2.45) is 0 Å². The standard InChI is InChI=1S/C25H23FN2O6S/c1-16(24(29)27-19-8-5-7-18(26)14-19)34-25(30)21-15-20(10-11-23(21)33-2)35(31,32)28-13-12-17-6-3-4-9-22(17)28/h3-11,14-16H,12-13H2,1-2H3,(H,27,29). The fraction of sp³-hybridized carbons (Fsp3) is 0.200. The van der Waals surface area contributed by atoms with Gasteiger partial charge in [0.05, 0.1) is 17.7 Å². The first-order chi connectivity index (χ1) is 16.7. The number of anilines is 2. The van der Waals surface area contributed by atoms with Gasteiger partial charge in [-0.3, -0.25) is 9.10 Å². The number of methoxy groups -OCH3 is 1. The van der Waals surface area contributed by atoms with E-state index < -0.39 is 33.8 Å². The molecule has 1 atom stereocenters. The normalized spacial score (nSPS) is 13.6. The van der Waals surface area contributed by atoms with Crippen LogP contribution in [0, 0.1) is 5.82 Å². The van der Waals surface area contributed by atoms with Crippen LogP contribution in [0.25, 0.3) is 0 Å². The third-order valence-corrected chi connectivity index (χ3v) is 7.38. The van der Waals surface area contributed by atoms with E-state index in [-0.39, 0.29) is 28.4 Å². The van der Waals surface area contributed by atoms with Crippen LogP contribution in [-0.2, 0) is 26.0 Å². The maximum Gasteiger partial charge on any atom is 0.342 e. The van der Waals surface area contributed by atoms with Gasteiger partial charge in [-0.2, -0.15) is 0 Å². The number of ether oxygens (including phenoxy) is 2. The highest BCUT2D eigenvalue weighted by molar-refractivity contribution is 7.92. The molecule has 0 aromatic heterocycles. The number of nitrogens with one attached hydrogen (secondary N) is 1. The zero-order valence-electron chi connectivity index (χ0n) is 19.0. The molecule has 1 aliphatic heterocycles. The third kappa shape index (κ3) is 4.97. The number of amides is 1. The van der Waals surface area contributed by atoms with Gasteiger partial charge in [0.1, 0.15) is 17.1 Å². The summed E-state index contributed by atoms with van der Waals surface area (Å²) in [6.07, 6.45) is -0.667. The monoisotopic (exact) mass is 498 g/mol. The highest BCUT2D eigenvalue weighted by atomic mass is 32.2. The summed E-state index contributed by atoms with van der Waals surface area (Å²) in [5, 5.41) is 2.46. The molecule has 0 spiro atoms. The van der Waals surface area contributed by atoms with Crippen LogP contribution in [0.15, 0.2) is 71.6 Å². The molecule has 3 aromatic carbocycles. The minimum Gasteiger partial charge on any atom is -0.496 e. The van der Waals surface area contributed by atoms with Gasteiger partial charge >= 0.3 is 5.97 Å². The summed E-state index contributed by atoms with van der Waals surface area (Å²) in [5.74, 6) is -2.06. The maximum atomic E-state index is 13.4. The van der Waals surface area contributed by atoms with Gasteiger partial charge in [0.2, 0.25) is 0 Å². The van der Waals surface area contributed by atoms with Crippen molar-refractivity contribution >= 4 is 33.3 Å². The molecule has 0 fully saturated rings. The maximum absolute atomic E-state index is 13.4. The Morgan fingerprint density at radius 2 is 1.83 bits per heavy atom. The second kappa shape index (κ2) is 9.75. The number of halogens is 1. The number of sulfonamides is 1. The first-order valence-corrected chi connectivity index (χ1v) is 12.2. The summed E-state index contributed by atoms with van der Waals surface area (Å²) in [4.78, 5) is 25.2. The van der Waals surface area contributed by atoms with E-state index in [9.17, 15) is 22.4 Å². The van der Waals surface area contributed by atoms with Crippen LogP contribution in [0.2, 0.25) is 0 Å². The molecule has 1 unspecified atom stereocenters. The van der Waals surface area contributed by atoms with E-state index in [2.05, 4.69) is 5.32 Å². The predicted octanol–water partition coefficient (Wildman–Crippen LogP) is 3.77. The first-order valence-electron chi connectivity index (χ1n) is 10.8. The molecular weight excluding hydrogens is 475 g/mol. The molecule has 4 rings (SSSR count). The van der Waals surface area contributed by atoms with E-state index >= 15 is 0 Å². The first kappa shape index (κ1) is 24.2. The Bertz CT molecular complexity index is 1390. The van der Waals surface area contributed by atoms with Crippen LogP contribution in [0.1, 0.15) is 22.8 Å². The molecule has 1 aliphatic rings. The van der Waals surface area contributed by atoms with Crippen molar-refractivity contribution in [2.45, 2.75) is 24.3 Å². The minimum atomic E-state index is -3.97. The number of nitrogens with zero attached hydrogens (tertiary/aromatic N) is 1. The van der Waals surface area contributed by atoms with E-state index in [0.717, 1.165) is 11.6 Å². The Labute approximate surface area is 202 Å². The molecule has 0 radical (unpaired) electrons. The lowest BCUT2D eigenvalue weighted by Gasteiger charge is -2.20. The van der Waals surface area contributed by atoms with Crippen molar-refractivity contribution in [3.63, 3.8) is 0 Å². The lowest BCUT2D eigenvalue weighted by molar-refractivity contribution is -0.123. The molecule has 0 saturated carbocycles. The second-order valence-electron chi connectivity index (χ2n) is 7.87. The number of benzene rings is 3. The van der Waals surface area contributed by atoms with Crippen LogP contribution in [-0.4, -0.2) is 40.1 Å². The molecule has 0 saturated heterocycles. The van der Waals surface area contributed by atoms with Gasteiger partial charge < -0.3 is 14.8 Å². The topological polar surface area (TPSA) is 102 Å². The summed E-state index contributed by atoms with van der Waals surface area (Å²) < 4.78 is 51.9. The number of rotatable bonds is 7. The number of carbonyl (C=O) groups is 2. The van der Waals surface area contributed by atoms with Crippen molar-refractivity contribution in [1.29, 1.82) is 0 Å². The Balaban J connectivity index is 1.56. The predicted molar refractivity (Wildman–Crippen MR) is 128 cm³/mol. The summed E-state index contributed by atoms with van der Waals surface area (Å²) in [7, 11) is -2.64. The molecule has 182 valence electrons. The van der Waals surface area contributed by atoms with Crippen LogP contribution in [0.5, 0.6) is 5.75 Å². The van der Waals surface area contributed by atoms with E-state index in [1.165, 1.54) is 54.7 Å². The molecule has 1 N–H and O–H groups in total. The van der Waals surface area contributed by atoms with Gasteiger partial charge in [-0.1, -0.05) is 24.3 Å². The fourth-order valence-electron chi connectivity index (χ4n) is 3.78. The average Bonchev–Trinajstić information content (AvgIpc) is 3.28. The summed E-state index contributed by atoms with van der Waals surface area (Å²) in [5.41, 5.74) is 1.57. The highest BCUT2D eigenvalue weighted by Crippen LogP contribution is 2.34. The lowest BCUT2D eigenvalue weighted by atomic mass is 10.2. The van der Waals surface area contributed by atoms with Crippen LogP contribution in [0.4, 0.5) is 15.8 Å². The van der Waals surface area contributed by atoms with Crippen molar-refractivity contribution in [1.82, 2.24) is 0 Å². The van der Waals surface area contributed by atoms with Gasteiger partial charge in [-0.15, -0.1) is 0 Å². The number of fused-ring (bicyclic) bond motifs is 1. The van der Waals surface area contributed by atoms with Crippen molar-refractivity contribution in [3.8, 4) is 5.75 Å². The van der Waals surface area contributed by atoms with E-state index in [1.807, 2.05) is 12.1 Å². The highest BCUT2D eigenvalue weighted by Gasteiger charge is 2.32. The molecule has 0 aliphatic carbocycles. The molecule has 0 bridgehead atoms. The number of esters is 1. The van der Waals surface area contributed by atoms with E-state index in [1.54, 1.807) is 12.1 Å². The number of hydrogen-bond donors (Lipinski definition) is 1. The number of carbonyl (C=O) groups excluding carboxylic acids is 2. The van der Waals surface area contributed by atoms with Crippen molar-refractivity contribution < 1.29 is 31.9 Å². The molecule has 8 nitrogen and oxygen atoms in total. The summed E-state index contributed by atoms with van der Waals surface area (Å²) >= 11 is 0. The quantitative estimate of drug-likeness (QED) is 0.498. The summed E-state index contributed by atoms with van der Waals surface area (Å²) in [6.45, 7) is 1.63. The third-order valence-electron chi connectivity index (χ3n) is 5.57. The Hall–Kier alpha value is -3.92. The molecule has 10 heteroatoms. The smallest absolute Gasteiger partial charge is 0.342 e. The molecular formula is C25H23FN2O6S. The average molecular weight is 499 g/mol. The SMILES string of the molecule is COc1ccc(S(=O)(=O)N2CCc3ccccc32)cc1C(=O)OC(C)C(=O)Nc1cccc(F)c1. The van der Waals surface area contributed by atoms with Crippen LogP contribution in [0.3, 0.4) is 0 Å². The van der Waals surface area contributed by atoms with Crippen LogP contribution >= 0.6 is 0 Å². The fourth-order valence-corrected chi connectivity index (χ4v) is 5.31. The van der Waals surface area contributed by atoms with Crippen LogP contribution < -0.4 is 14.4 Å². The molecule has 35 heavy (non-hydrogen) atoms. The molecule has 1 heterocycles.